The van der Waals surface area contributed by atoms with E-state index in [4.69, 9.17) is 15.6 Å². The average Bonchev–Trinajstić information content (AvgIpc) is 2.82. The number of hydrogen-bond acceptors (Lipinski definition) is 4. The highest BCUT2D eigenvalue weighted by atomic mass is 32.1. The molecule has 0 fully saturated rings. The van der Waals surface area contributed by atoms with Crippen molar-refractivity contribution < 1.29 is 9.84 Å². The van der Waals surface area contributed by atoms with Crippen LogP contribution in [0.4, 0.5) is 0 Å². The highest BCUT2D eigenvalue weighted by Crippen LogP contribution is 2.29. The van der Waals surface area contributed by atoms with Crippen LogP contribution in [0.2, 0.25) is 0 Å². The van der Waals surface area contributed by atoms with Gasteiger partial charge in [-0.1, -0.05) is 12.1 Å². The third-order valence-corrected chi connectivity index (χ3v) is 3.95. The summed E-state index contributed by atoms with van der Waals surface area (Å²) in [6.07, 6.45) is -0.140. The topological polar surface area (TPSA) is 55.5 Å². The largest absolute Gasteiger partial charge is 0.483 e. The van der Waals surface area contributed by atoms with Crippen LogP contribution in [0, 0.1) is 6.92 Å². The molecule has 0 saturated heterocycles. The smallest absolute Gasteiger partial charge is 0.148 e. The second-order valence-corrected chi connectivity index (χ2v) is 5.97. The molecule has 2 rings (SSSR count). The molecule has 0 saturated carbocycles. The molecular formula is C15H19NO2S. The first kappa shape index (κ1) is 14.1. The van der Waals surface area contributed by atoms with Crippen molar-refractivity contribution in [2.45, 2.75) is 32.6 Å². The number of thiophene rings is 1. The van der Waals surface area contributed by atoms with Gasteiger partial charge in [-0.25, -0.2) is 0 Å². The number of rotatable bonds is 5. The lowest BCUT2D eigenvalue weighted by atomic mass is 10.1. The van der Waals surface area contributed by atoms with Crippen LogP contribution in [0.5, 0.6) is 5.75 Å². The Kier molecular flexibility index (Phi) is 4.58. The monoisotopic (exact) mass is 277 g/mol. The van der Waals surface area contributed by atoms with Gasteiger partial charge in [0.25, 0.3) is 0 Å². The average molecular weight is 277 g/mol. The van der Waals surface area contributed by atoms with Gasteiger partial charge >= 0.3 is 0 Å². The molecule has 0 bridgehead atoms. The summed E-state index contributed by atoms with van der Waals surface area (Å²) in [5.74, 6) is 0.769. The quantitative estimate of drug-likeness (QED) is 0.883. The number of nitrogens with two attached hydrogens (primary N) is 1. The summed E-state index contributed by atoms with van der Waals surface area (Å²) in [5, 5.41) is 9.02. The van der Waals surface area contributed by atoms with Crippen molar-refractivity contribution in [2.24, 2.45) is 5.73 Å². The fourth-order valence-electron chi connectivity index (χ4n) is 1.85. The van der Waals surface area contributed by atoms with Crippen LogP contribution in [0.3, 0.4) is 0 Å². The molecule has 102 valence electrons. The van der Waals surface area contributed by atoms with E-state index in [1.54, 1.807) is 11.3 Å². The fourth-order valence-corrected chi connectivity index (χ4v) is 2.87. The highest BCUT2D eigenvalue weighted by molar-refractivity contribution is 7.12. The van der Waals surface area contributed by atoms with E-state index in [-0.39, 0.29) is 18.8 Å². The Morgan fingerprint density at radius 2 is 1.89 bits per heavy atom. The summed E-state index contributed by atoms with van der Waals surface area (Å²) in [6, 6.07) is 11.5. The van der Waals surface area contributed by atoms with Crippen molar-refractivity contribution in [2.75, 3.05) is 0 Å². The van der Waals surface area contributed by atoms with Gasteiger partial charge in [0.2, 0.25) is 0 Å². The summed E-state index contributed by atoms with van der Waals surface area (Å²) < 4.78 is 5.98. The first-order valence-electron chi connectivity index (χ1n) is 6.28. The minimum absolute atomic E-state index is 0.0428. The van der Waals surface area contributed by atoms with Crippen molar-refractivity contribution in [3.63, 3.8) is 0 Å². The van der Waals surface area contributed by atoms with Gasteiger partial charge in [-0.05, 0) is 43.7 Å². The Morgan fingerprint density at radius 3 is 2.37 bits per heavy atom. The van der Waals surface area contributed by atoms with Crippen molar-refractivity contribution in [1.82, 2.24) is 0 Å². The minimum atomic E-state index is -0.140. The highest BCUT2D eigenvalue weighted by Gasteiger charge is 2.19. The Bertz CT molecular complexity index is 519. The van der Waals surface area contributed by atoms with Crippen molar-refractivity contribution in [3.8, 4) is 5.75 Å². The number of ether oxygens (including phenoxy) is 1. The molecule has 2 unspecified atom stereocenters. The molecule has 0 aliphatic rings. The second kappa shape index (κ2) is 6.19. The van der Waals surface area contributed by atoms with Gasteiger partial charge < -0.3 is 15.6 Å². The number of aryl methyl sites for hydroxylation is 1. The van der Waals surface area contributed by atoms with Crippen LogP contribution in [0.15, 0.2) is 36.4 Å². The standard InChI is InChI=1S/C15H19NO2S/c1-10-3-8-14(19-10)15(11(2)16)18-13-6-4-12(9-17)5-7-13/h3-8,11,15,17H,9,16H2,1-2H3. The number of aliphatic hydroxyl groups is 1. The first-order valence-corrected chi connectivity index (χ1v) is 7.10. The Labute approximate surface area is 117 Å². The molecule has 1 aromatic heterocycles. The Balaban J connectivity index is 2.16. The van der Waals surface area contributed by atoms with E-state index in [2.05, 4.69) is 19.1 Å². The van der Waals surface area contributed by atoms with Gasteiger partial charge in [-0.2, -0.15) is 0 Å². The minimum Gasteiger partial charge on any atom is -0.483 e. The lowest BCUT2D eigenvalue weighted by Crippen LogP contribution is -2.28. The van der Waals surface area contributed by atoms with Gasteiger partial charge in [0.05, 0.1) is 6.61 Å². The van der Waals surface area contributed by atoms with Gasteiger partial charge in [0.15, 0.2) is 0 Å². The molecule has 2 atom stereocenters. The SMILES string of the molecule is Cc1ccc(C(Oc2ccc(CO)cc2)C(C)N)s1. The zero-order chi connectivity index (χ0) is 13.8. The van der Waals surface area contributed by atoms with E-state index < -0.39 is 0 Å². The van der Waals surface area contributed by atoms with Crippen LogP contribution in [-0.4, -0.2) is 11.1 Å². The predicted molar refractivity (Wildman–Crippen MR) is 78.4 cm³/mol. The van der Waals surface area contributed by atoms with E-state index >= 15 is 0 Å². The molecule has 0 aliphatic heterocycles. The third-order valence-electron chi connectivity index (χ3n) is 2.89. The summed E-state index contributed by atoms with van der Waals surface area (Å²) >= 11 is 1.71. The lowest BCUT2D eigenvalue weighted by Gasteiger charge is -2.21. The van der Waals surface area contributed by atoms with Crippen molar-refractivity contribution in [1.29, 1.82) is 0 Å². The normalized spacial score (nSPS) is 14.1. The van der Waals surface area contributed by atoms with E-state index in [0.29, 0.717) is 0 Å². The zero-order valence-corrected chi connectivity index (χ0v) is 12.0. The van der Waals surface area contributed by atoms with Gasteiger partial charge in [-0.3, -0.25) is 0 Å². The van der Waals surface area contributed by atoms with Gasteiger partial charge in [-0.15, -0.1) is 11.3 Å². The van der Waals surface area contributed by atoms with Crippen molar-refractivity contribution in [3.05, 3.63) is 51.7 Å². The zero-order valence-electron chi connectivity index (χ0n) is 11.2. The maximum atomic E-state index is 9.02. The first-order chi connectivity index (χ1) is 9.10. The van der Waals surface area contributed by atoms with Crippen molar-refractivity contribution >= 4 is 11.3 Å². The molecule has 0 amide bonds. The molecule has 4 heteroatoms. The maximum absolute atomic E-state index is 9.02. The molecule has 0 spiro atoms. The molecule has 1 heterocycles. The Morgan fingerprint density at radius 1 is 1.21 bits per heavy atom. The molecule has 3 nitrogen and oxygen atoms in total. The maximum Gasteiger partial charge on any atom is 0.148 e. The van der Waals surface area contributed by atoms with Crippen LogP contribution < -0.4 is 10.5 Å². The summed E-state index contributed by atoms with van der Waals surface area (Å²) in [7, 11) is 0. The van der Waals surface area contributed by atoms with E-state index in [0.717, 1.165) is 16.2 Å². The Hall–Kier alpha value is -1.36. The number of benzene rings is 1. The second-order valence-electron chi connectivity index (χ2n) is 4.65. The summed E-state index contributed by atoms with van der Waals surface area (Å²) in [4.78, 5) is 2.39. The van der Waals surface area contributed by atoms with Crippen LogP contribution in [0.25, 0.3) is 0 Å². The van der Waals surface area contributed by atoms with E-state index in [9.17, 15) is 0 Å². The lowest BCUT2D eigenvalue weighted by molar-refractivity contribution is 0.184. The summed E-state index contributed by atoms with van der Waals surface area (Å²) in [5.41, 5.74) is 6.90. The number of hydrogen-bond donors (Lipinski definition) is 2. The predicted octanol–water partition coefficient (Wildman–Crippen LogP) is 3.02. The molecule has 3 N–H and O–H groups in total. The van der Waals surface area contributed by atoms with Gasteiger partial charge in [0, 0.05) is 15.8 Å². The van der Waals surface area contributed by atoms with E-state index in [1.807, 2.05) is 31.2 Å². The van der Waals surface area contributed by atoms with E-state index in [1.165, 1.54) is 4.88 Å². The third kappa shape index (κ3) is 3.56. The van der Waals surface area contributed by atoms with Crippen LogP contribution >= 0.6 is 11.3 Å². The summed E-state index contributed by atoms with van der Waals surface area (Å²) in [6.45, 7) is 4.06. The molecule has 19 heavy (non-hydrogen) atoms. The molecular weight excluding hydrogens is 258 g/mol. The molecule has 1 aromatic carbocycles. The van der Waals surface area contributed by atoms with Crippen LogP contribution in [0.1, 0.15) is 28.3 Å². The van der Waals surface area contributed by atoms with Gasteiger partial charge in [0.1, 0.15) is 11.9 Å². The number of aliphatic hydroxyl groups excluding tert-OH is 1. The molecule has 0 aliphatic carbocycles. The fraction of sp³-hybridized carbons (Fsp3) is 0.333. The molecule has 2 aromatic rings. The molecule has 0 radical (unpaired) electrons. The van der Waals surface area contributed by atoms with Crippen LogP contribution in [-0.2, 0) is 6.61 Å².